The van der Waals surface area contributed by atoms with Crippen LogP contribution in [0.4, 0.5) is 5.82 Å². The molecule has 4 nitrogen and oxygen atoms in total. The van der Waals surface area contributed by atoms with E-state index in [0.29, 0.717) is 4.88 Å². The molecular weight excluding hydrogens is 314 g/mol. The van der Waals surface area contributed by atoms with Crippen LogP contribution in [-0.2, 0) is 0 Å². The lowest BCUT2D eigenvalue weighted by Crippen LogP contribution is -2.15. The summed E-state index contributed by atoms with van der Waals surface area (Å²) in [6.07, 6.45) is 0. The van der Waals surface area contributed by atoms with E-state index in [1.807, 2.05) is 37.6 Å². The van der Waals surface area contributed by atoms with Crippen LogP contribution >= 0.6 is 27.3 Å². The van der Waals surface area contributed by atoms with E-state index in [0.717, 1.165) is 15.3 Å². The Bertz CT molecular complexity index is 574. The molecule has 1 amide bonds. The number of rotatable bonds is 3. The predicted molar refractivity (Wildman–Crippen MR) is 77.3 cm³/mol. The molecule has 0 spiro atoms. The van der Waals surface area contributed by atoms with E-state index in [1.165, 1.54) is 11.3 Å². The molecule has 0 aliphatic rings. The van der Waals surface area contributed by atoms with Crippen LogP contribution in [0.15, 0.2) is 22.0 Å². The summed E-state index contributed by atoms with van der Waals surface area (Å²) in [5.74, 6) is 0.629. The highest BCUT2D eigenvalue weighted by Gasteiger charge is 2.14. The van der Waals surface area contributed by atoms with Gasteiger partial charge in [0.15, 0.2) is 0 Å². The average Bonchev–Trinajstić information content (AvgIpc) is 2.85. The number of halogens is 1. The third kappa shape index (κ3) is 2.81. The van der Waals surface area contributed by atoms with E-state index in [4.69, 9.17) is 0 Å². The molecule has 0 fully saturated rings. The molecule has 0 aliphatic carbocycles. The van der Waals surface area contributed by atoms with Crippen LogP contribution < -0.4 is 5.32 Å². The number of amides is 1. The number of hydrogen-bond acceptors (Lipinski definition) is 3. The van der Waals surface area contributed by atoms with Crippen molar-refractivity contribution in [3.05, 3.63) is 32.6 Å². The molecule has 96 valence electrons. The van der Waals surface area contributed by atoms with E-state index < -0.39 is 0 Å². The minimum atomic E-state index is -0.104. The van der Waals surface area contributed by atoms with Gasteiger partial charge in [-0.2, -0.15) is 5.10 Å². The zero-order valence-electron chi connectivity index (χ0n) is 10.4. The van der Waals surface area contributed by atoms with E-state index in [2.05, 4.69) is 26.3 Å². The fraction of sp³-hybridized carbons (Fsp3) is 0.333. The van der Waals surface area contributed by atoms with Gasteiger partial charge in [0.25, 0.3) is 5.91 Å². The minimum Gasteiger partial charge on any atom is -0.306 e. The zero-order chi connectivity index (χ0) is 13.3. The van der Waals surface area contributed by atoms with Crippen LogP contribution in [0, 0.1) is 6.92 Å². The lowest BCUT2D eigenvalue weighted by Gasteiger charge is -2.11. The van der Waals surface area contributed by atoms with Crippen molar-refractivity contribution < 1.29 is 4.79 Å². The Kier molecular flexibility index (Phi) is 3.87. The molecule has 2 heterocycles. The first-order valence-corrected chi connectivity index (χ1v) is 7.21. The van der Waals surface area contributed by atoms with Crippen molar-refractivity contribution in [2.45, 2.75) is 26.8 Å². The first kappa shape index (κ1) is 13.3. The number of aromatic nitrogens is 2. The maximum absolute atomic E-state index is 12.0. The molecule has 0 saturated carbocycles. The second-order valence-corrected chi connectivity index (χ2v) is 6.73. The van der Waals surface area contributed by atoms with Gasteiger partial charge >= 0.3 is 0 Å². The fourth-order valence-electron chi connectivity index (χ4n) is 1.62. The number of carbonyl (C=O) groups excluding carboxylic acids is 1. The molecular formula is C12H14BrN3OS. The molecule has 0 bridgehead atoms. The highest BCUT2D eigenvalue weighted by atomic mass is 79.9. The standard InChI is InChI=1S/C12H14BrN3OS/c1-7(2)16-11(6-8(3)15-16)14-12(17)9-4-5-10(13)18-9/h4-7H,1-3H3,(H,14,17). The Morgan fingerprint density at radius 2 is 2.22 bits per heavy atom. The van der Waals surface area contributed by atoms with Crippen molar-refractivity contribution >= 4 is 39.0 Å². The Hall–Kier alpha value is -1.14. The van der Waals surface area contributed by atoms with Gasteiger partial charge < -0.3 is 5.32 Å². The monoisotopic (exact) mass is 327 g/mol. The average molecular weight is 328 g/mol. The van der Waals surface area contributed by atoms with Crippen molar-refractivity contribution in [1.82, 2.24) is 9.78 Å². The summed E-state index contributed by atoms with van der Waals surface area (Å²) in [5, 5.41) is 7.25. The number of anilines is 1. The van der Waals surface area contributed by atoms with Crippen molar-refractivity contribution in [1.29, 1.82) is 0 Å². The van der Waals surface area contributed by atoms with Crippen LogP contribution in [0.1, 0.15) is 35.3 Å². The van der Waals surface area contributed by atoms with Gasteiger partial charge in [0, 0.05) is 12.1 Å². The first-order valence-electron chi connectivity index (χ1n) is 5.60. The topological polar surface area (TPSA) is 46.9 Å². The van der Waals surface area contributed by atoms with Gasteiger partial charge in [0.1, 0.15) is 5.82 Å². The number of nitrogens with one attached hydrogen (secondary N) is 1. The van der Waals surface area contributed by atoms with E-state index in [9.17, 15) is 4.79 Å². The highest BCUT2D eigenvalue weighted by Crippen LogP contribution is 2.23. The normalized spacial score (nSPS) is 10.9. The SMILES string of the molecule is Cc1cc(NC(=O)c2ccc(Br)s2)n(C(C)C)n1. The highest BCUT2D eigenvalue weighted by molar-refractivity contribution is 9.11. The summed E-state index contributed by atoms with van der Waals surface area (Å²) < 4.78 is 2.76. The second-order valence-electron chi connectivity index (χ2n) is 4.27. The molecule has 2 aromatic rings. The lowest BCUT2D eigenvalue weighted by molar-refractivity contribution is 0.102. The van der Waals surface area contributed by atoms with Gasteiger partial charge in [-0.05, 0) is 48.8 Å². The van der Waals surface area contributed by atoms with Crippen molar-refractivity contribution in [2.75, 3.05) is 5.32 Å². The zero-order valence-corrected chi connectivity index (χ0v) is 12.8. The number of hydrogen-bond donors (Lipinski definition) is 1. The van der Waals surface area contributed by atoms with Gasteiger partial charge in [0.2, 0.25) is 0 Å². The van der Waals surface area contributed by atoms with Crippen LogP contribution in [0.5, 0.6) is 0 Å². The Balaban J connectivity index is 2.21. The summed E-state index contributed by atoms with van der Waals surface area (Å²) >= 11 is 4.76. The number of thiophene rings is 1. The van der Waals surface area contributed by atoms with E-state index >= 15 is 0 Å². The van der Waals surface area contributed by atoms with Crippen molar-refractivity contribution in [2.24, 2.45) is 0 Å². The van der Waals surface area contributed by atoms with E-state index in [1.54, 1.807) is 6.07 Å². The molecule has 6 heteroatoms. The quantitative estimate of drug-likeness (QED) is 0.930. The van der Waals surface area contributed by atoms with Crippen LogP contribution in [-0.4, -0.2) is 15.7 Å². The summed E-state index contributed by atoms with van der Waals surface area (Å²) in [6.45, 7) is 5.98. The summed E-state index contributed by atoms with van der Waals surface area (Å²) in [4.78, 5) is 12.7. The maximum atomic E-state index is 12.0. The molecule has 0 atom stereocenters. The molecule has 2 aromatic heterocycles. The predicted octanol–water partition coefficient (Wildman–Crippen LogP) is 3.85. The van der Waals surface area contributed by atoms with Gasteiger partial charge in [-0.3, -0.25) is 4.79 Å². The van der Waals surface area contributed by atoms with E-state index in [-0.39, 0.29) is 11.9 Å². The van der Waals surface area contributed by atoms with Crippen molar-refractivity contribution in [3.8, 4) is 0 Å². The molecule has 1 N–H and O–H groups in total. The third-order valence-corrected chi connectivity index (χ3v) is 4.01. The summed E-state index contributed by atoms with van der Waals surface area (Å²) in [6, 6.07) is 5.75. The molecule has 0 saturated heterocycles. The molecule has 18 heavy (non-hydrogen) atoms. The Morgan fingerprint density at radius 1 is 1.50 bits per heavy atom. The molecule has 0 aliphatic heterocycles. The van der Waals surface area contributed by atoms with Crippen LogP contribution in [0.3, 0.4) is 0 Å². The number of carbonyl (C=O) groups is 1. The second kappa shape index (κ2) is 5.24. The maximum Gasteiger partial charge on any atom is 0.266 e. The Morgan fingerprint density at radius 3 is 2.78 bits per heavy atom. The summed E-state index contributed by atoms with van der Waals surface area (Å²) in [7, 11) is 0. The third-order valence-electron chi connectivity index (χ3n) is 2.39. The first-order chi connectivity index (χ1) is 8.47. The molecule has 0 radical (unpaired) electrons. The van der Waals surface area contributed by atoms with Gasteiger partial charge in [-0.25, -0.2) is 4.68 Å². The lowest BCUT2D eigenvalue weighted by atomic mass is 10.4. The van der Waals surface area contributed by atoms with Crippen LogP contribution in [0.2, 0.25) is 0 Å². The number of aryl methyl sites for hydroxylation is 1. The molecule has 0 unspecified atom stereocenters. The fourth-order valence-corrected chi connectivity index (χ4v) is 2.90. The molecule has 2 rings (SSSR count). The van der Waals surface area contributed by atoms with Crippen molar-refractivity contribution in [3.63, 3.8) is 0 Å². The largest absolute Gasteiger partial charge is 0.306 e. The minimum absolute atomic E-state index is 0.104. The number of nitrogens with zero attached hydrogens (tertiary/aromatic N) is 2. The van der Waals surface area contributed by atoms with Gasteiger partial charge in [-0.1, -0.05) is 0 Å². The Labute approximate surface area is 118 Å². The van der Waals surface area contributed by atoms with Crippen LogP contribution in [0.25, 0.3) is 0 Å². The smallest absolute Gasteiger partial charge is 0.266 e. The van der Waals surface area contributed by atoms with Gasteiger partial charge in [0.05, 0.1) is 14.4 Å². The van der Waals surface area contributed by atoms with Gasteiger partial charge in [-0.15, -0.1) is 11.3 Å². The summed E-state index contributed by atoms with van der Waals surface area (Å²) in [5.41, 5.74) is 0.895. The molecule has 0 aromatic carbocycles.